The molecule has 38 heavy (non-hydrogen) atoms. The highest BCUT2D eigenvalue weighted by Crippen LogP contribution is 2.57. The predicted molar refractivity (Wildman–Crippen MR) is 141 cm³/mol. The fourth-order valence-corrected chi connectivity index (χ4v) is 8.65. The lowest BCUT2D eigenvalue weighted by molar-refractivity contribution is -0.142. The fourth-order valence-electron chi connectivity index (χ4n) is 8.65. The molecule has 4 fully saturated rings. The van der Waals surface area contributed by atoms with Crippen molar-refractivity contribution in [2.45, 2.75) is 38.8 Å². The molecular weight excluding hydrogens is 476 g/mol. The molecule has 2 saturated heterocycles. The molecule has 0 radical (unpaired) electrons. The Bertz CT molecular complexity index is 1270. The Morgan fingerprint density at radius 1 is 0.684 bits per heavy atom. The number of rotatable bonds is 8. The minimum Gasteiger partial charge on any atom is -0.278 e. The quantitative estimate of drug-likeness (QED) is 0.390. The molecule has 2 heterocycles. The van der Waals surface area contributed by atoms with Crippen molar-refractivity contribution in [2.24, 2.45) is 47.3 Å². The maximum atomic E-state index is 13.4. The molecule has 1 aromatic carbocycles. The maximum absolute atomic E-state index is 13.4. The van der Waals surface area contributed by atoms with Gasteiger partial charge in [-0.05, 0) is 60.5 Å². The van der Waals surface area contributed by atoms with Crippen LogP contribution in [0.3, 0.4) is 0 Å². The molecule has 0 aromatic heterocycles. The number of allylic oxidation sites excluding steroid dienone is 6. The number of nitrogens with zero attached hydrogens (tertiary/aromatic N) is 2. The SMILES string of the molecule is C=CCC1=CC2CC1C1C(=O)N(Cc3cccc(CN4C(=O)C5C6C=C(CC=C)[C@@H](C6)C5C4=O)c3)C(=O)C21. The van der Waals surface area contributed by atoms with Gasteiger partial charge >= 0.3 is 0 Å². The first-order valence-corrected chi connectivity index (χ1v) is 13.8. The number of fused-ring (bicyclic) bond motifs is 10. The summed E-state index contributed by atoms with van der Waals surface area (Å²) in [5, 5.41) is 0. The van der Waals surface area contributed by atoms with Crippen LogP contribution < -0.4 is 0 Å². The van der Waals surface area contributed by atoms with E-state index in [1.54, 1.807) is 0 Å². The largest absolute Gasteiger partial charge is 0.278 e. The molecule has 4 bridgehead atoms. The molecule has 6 nitrogen and oxygen atoms in total. The van der Waals surface area contributed by atoms with Gasteiger partial charge in [0.05, 0.1) is 36.8 Å². The van der Waals surface area contributed by atoms with Gasteiger partial charge in [-0.2, -0.15) is 0 Å². The molecule has 2 aliphatic heterocycles. The van der Waals surface area contributed by atoms with Crippen LogP contribution in [0.1, 0.15) is 36.8 Å². The number of carbonyl (C=O) groups excluding carboxylic acids is 4. The zero-order chi connectivity index (χ0) is 26.3. The third-order valence-corrected chi connectivity index (χ3v) is 10.1. The summed E-state index contributed by atoms with van der Waals surface area (Å²) in [7, 11) is 0. The molecule has 194 valence electrons. The Morgan fingerprint density at radius 3 is 1.53 bits per heavy atom. The molecular formula is C32H32N2O4. The highest BCUT2D eigenvalue weighted by molar-refractivity contribution is 6.07. The van der Waals surface area contributed by atoms with Crippen LogP contribution in [0.15, 0.2) is 72.9 Å². The first-order valence-electron chi connectivity index (χ1n) is 13.8. The van der Waals surface area contributed by atoms with Crippen LogP contribution in [-0.4, -0.2) is 33.4 Å². The second-order valence-electron chi connectivity index (χ2n) is 11.9. The highest BCUT2D eigenvalue weighted by atomic mass is 16.2. The first-order chi connectivity index (χ1) is 18.4. The number of carbonyl (C=O) groups is 4. The fraction of sp³-hybridized carbons (Fsp3) is 0.438. The van der Waals surface area contributed by atoms with Gasteiger partial charge in [-0.3, -0.25) is 29.0 Å². The molecule has 2 saturated carbocycles. The molecule has 6 heteroatoms. The summed E-state index contributed by atoms with van der Waals surface area (Å²) in [6.07, 6.45) is 11.5. The summed E-state index contributed by atoms with van der Waals surface area (Å²) < 4.78 is 0. The Morgan fingerprint density at radius 2 is 1.11 bits per heavy atom. The lowest BCUT2D eigenvalue weighted by Crippen LogP contribution is -2.33. The smallest absolute Gasteiger partial charge is 0.234 e. The molecule has 7 unspecified atom stereocenters. The molecule has 4 amide bonds. The summed E-state index contributed by atoms with van der Waals surface area (Å²) >= 11 is 0. The minimum atomic E-state index is -0.246. The Labute approximate surface area is 222 Å². The summed E-state index contributed by atoms with van der Waals surface area (Å²) in [6.45, 7) is 8.12. The van der Waals surface area contributed by atoms with Crippen molar-refractivity contribution in [2.75, 3.05) is 0 Å². The van der Waals surface area contributed by atoms with E-state index in [4.69, 9.17) is 0 Å². The van der Waals surface area contributed by atoms with Gasteiger partial charge < -0.3 is 0 Å². The molecule has 4 aliphatic carbocycles. The van der Waals surface area contributed by atoms with Gasteiger partial charge in [-0.25, -0.2) is 0 Å². The summed E-state index contributed by atoms with van der Waals surface area (Å²) in [4.78, 5) is 56.2. The van der Waals surface area contributed by atoms with Gasteiger partial charge in [0, 0.05) is 0 Å². The molecule has 8 atom stereocenters. The second kappa shape index (κ2) is 8.48. The number of benzene rings is 1. The van der Waals surface area contributed by atoms with Crippen LogP contribution in [0, 0.1) is 47.3 Å². The van der Waals surface area contributed by atoms with E-state index < -0.39 is 0 Å². The summed E-state index contributed by atoms with van der Waals surface area (Å²) in [6, 6.07) is 7.61. The lowest BCUT2D eigenvalue weighted by Gasteiger charge is -2.21. The van der Waals surface area contributed by atoms with E-state index >= 15 is 0 Å². The number of imide groups is 2. The van der Waals surface area contributed by atoms with E-state index in [1.807, 2.05) is 36.4 Å². The molecule has 6 aliphatic rings. The third kappa shape index (κ3) is 3.18. The van der Waals surface area contributed by atoms with Crippen molar-refractivity contribution in [3.8, 4) is 0 Å². The highest BCUT2D eigenvalue weighted by Gasteiger charge is 2.62. The summed E-state index contributed by atoms with van der Waals surface area (Å²) in [5.74, 6) is -0.629. The zero-order valence-electron chi connectivity index (χ0n) is 21.4. The van der Waals surface area contributed by atoms with Gasteiger partial charge in [0.15, 0.2) is 0 Å². The van der Waals surface area contributed by atoms with Crippen molar-refractivity contribution in [1.29, 1.82) is 0 Å². The first kappa shape index (κ1) is 23.6. The van der Waals surface area contributed by atoms with Crippen LogP contribution in [0.5, 0.6) is 0 Å². The Kier molecular flexibility index (Phi) is 5.26. The van der Waals surface area contributed by atoms with Crippen LogP contribution >= 0.6 is 0 Å². The van der Waals surface area contributed by atoms with Crippen molar-refractivity contribution in [1.82, 2.24) is 9.80 Å². The van der Waals surface area contributed by atoms with Crippen LogP contribution in [0.25, 0.3) is 0 Å². The number of likely N-dealkylation sites (tertiary alicyclic amines) is 2. The van der Waals surface area contributed by atoms with Crippen molar-refractivity contribution < 1.29 is 19.2 Å². The zero-order valence-corrected chi connectivity index (χ0v) is 21.4. The number of hydrogen-bond donors (Lipinski definition) is 0. The van der Waals surface area contributed by atoms with Crippen molar-refractivity contribution in [3.63, 3.8) is 0 Å². The number of hydrogen-bond acceptors (Lipinski definition) is 4. The molecule has 7 rings (SSSR count). The summed E-state index contributed by atoms with van der Waals surface area (Å²) in [5.41, 5.74) is 4.18. The van der Waals surface area contributed by atoms with Crippen LogP contribution in [0.2, 0.25) is 0 Å². The van der Waals surface area contributed by atoms with Gasteiger partial charge in [0.2, 0.25) is 23.6 Å². The normalized spacial score (nSPS) is 36.2. The van der Waals surface area contributed by atoms with E-state index in [2.05, 4.69) is 25.3 Å². The van der Waals surface area contributed by atoms with Crippen molar-refractivity contribution in [3.05, 3.63) is 84.0 Å². The Balaban J connectivity index is 1.06. The standard InChI is InChI=1S/C32H32N2O4/c1-3-6-19-11-21-13-23(19)27-25(21)29(35)33(31(27)37)15-17-8-5-9-18(10-17)16-34-30(36)26-22-12-20(7-4-2)24(14-22)28(26)32(34)38/h3-5,8-12,21-28H,1-2,6-7,13-16H2/t21?,22?,23-,24?,25?,26?,27?,28?/m1/s1. The lowest BCUT2D eigenvalue weighted by atomic mass is 9.80. The van der Waals surface area contributed by atoms with E-state index in [0.717, 1.165) is 36.8 Å². The van der Waals surface area contributed by atoms with E-state index in [9.17, 15) is 19.2 Å². The topological polar surface area (TPSA) is 74.8 Å². The van der Waals surface area contributed by atoms with Gasteiger partial charge in [0.1, 0.15) is 0 Å². The predicted octanol–water partition coefficient (Wildman–Crippen LogP) is 4.19. The second-order valence-corrected chi connectivity index (χ2v) is 11.9. The van der Waals surface area contributed by atoms with Gasteiger partial charge in [-0.15, -0.1) is 13.2 Å². The van der Waals surface area contributed by atoms with E-state index in [1.165, 1.54) is 20.9 Å². The monoisotopic (exact) mass is 508 g/mol. The van der Waals surface area contributed by atoms with Crippen molar-refractivity contribution >= 4 is 23.6 Å². The van der Waals surface area contributed by atoms with E-state index in [0.29, 0.717) is 0 Å². The third-order valence-electron chi connectivity index (χ3n) is 10.1. The molecule has 0 N–H and O–H groups in total. The molecule has 1 aromatic rings. The molecule has 0 spiro atoms. The Hall–Kier alpha value is -3.54. The average molecular weight is 509 g/mol. The average Bonchev–Trinajstić information content (AvgIpc) is 3.73. The van der Waals surface area contributed by atoms with Gasteiger partial charge in [-0.1, -0.05) is 59.7 Å². The maximum Gasteiger partial charge on any atom is 0.234 e. The van der Waals surface area contributed by atoms with Crippen LogP contribution in [0.4, 0.5) is 0 Å². The minimum absolute atomic E-state index is 0.0661. The van der Waals surface area contributed by atoms with Gasteiger partial charge in [0.25, 0.3) is 0 Å². The van der Waals surface area contributed by atoms with Crippen LogP contribution in [-0.2, 0) is 32.3 Å². The number of amides is 4. The van der Waals surface area contributed by atoms with E-state index in [-0.39, 0.29) is 84.1 Å².